The molecule has 1 aromatic heterocycles. The second-order valence-electron chi connectivity index (χ2n) is 9.56. The largest absolute Gasteiger partial charge is 0.353 e. The monoisotopic (exact) mass is 509 g/mol. The van der Waals surface area contributed by atoms with Gasteiger partial charge in [0, 0.05) is 55.1 Å². The third kappa shape index (κ3) is 5.83. The molecule has 0 aliphatic carbocycles. The molecule has 38 heavy (non-hydrogen) atoms. The van der Waals surface area contributed by atoms with Gasteiger partial charge < -0.3 is 15.1 Å². The first-order valence-electron chi connectivity index (χ1n) is 13.1. The van der Waals surface area contributed by atoms with Crippen molar-refractivity contribution >= 4 is 17.5 Å². The van der Waals surface area contributed by atoms with Crippen LogP contribution in [0.2, 0.25) is 0 Å². The molecule has 1 aliphatic rings. The summed E-state index contributed by atoms with van der Waals surface area (Å²) in [5.74, 6) is 1.03. The van der Waals surface area contributed by atoms with E-state index in [9.17, 15) is 9.18 Å². The maximum atomic E-state index is 14.0. The Morgan fingerprint density at radius 3 is 2.32 bits per heavy atom. The molecule has 1 fully saturated rings. The molecule has 7 heteroatoms. The zero-order valence-electron chi connectivity index (χ0n) is 21.8. The minimum atomic E-state index is -0.317. The fraction of sp³-hybridized carbons (Fsp3) is 0.258. The van der Waals surface area contributed by atoms with E-state index in [1.54, 1.807) is 6.07 Å². The summed E-state index contributed by atoms with van der Waals surface area (Å²) >= 11 is 0. The average molecular weight is 510 g/mol. The van der Waals surface area contributed by atoms with Gasteiger partial charge in [-0.05, 0) is 48.7 Å². The number of aryl methyl sites for hydroxylation is 2. The van der Waals surface area contributed by atoms with E-state index >= 15 is 0 Å². The Balaban J connectivity index is 1.37. The van der Waals surface area contributed by atoms with Crippen LogP contribution in [0.25, 0.3) is 11.4 Å². The summed E-state index contributed by atoms with van der Waals surface area (Å²) in [5.41, 5.74) is 5.77. The third-order valence-electron chi connectivity index (χ3n) is 6.98. The zero-order chi connectivity index (χ0) is 26.5. The summed E-state index contributed by atoms with van der Waals surface area (Å²) < 4.78 is 14.0. The number of piperazine rings is 1. The molecule has 0 bridgehead atoms. The van der Waals surface area contributed by atoms with Crippen molar-refractivity contribution in [1.29, 1.82) is 0 Å². The summed E-state index contributed by atoms with van der Waals surface area (Å²) in [6.45, 7) is 6.52. The molecule has 3 aromatic carbocycles. The molecule has 5 rings (SSSR count). The second-order valence-corrected chi connectivity index (χ2v) is 9.56. The van der Waals surface area contributed by atoms with Gasteiger partial charge in [-0.1, -0.05) is 61.5 Å². The number of aromatic nitrogens is 2. The number of rotatable bonds is 6. The first-order chi connectivity index (χ1) is 18.5. The van der Waals surface area contributed by atoms with Gasteiger partial charge in [0.1, 0.15) is 11.6 Å². The SMILES string of the molecule is CCc1ccc(NC(=O)N2CCN(c3nc(-c4cccc(F)c4)nc(C)c3Cc3ccccc3)CC2)cc1. The van der Waals surface area contributed by atoms with Crippen molar-refractivity contribution in [3.63, 3.8) is 0 Å². The number of benzene rings is 3. The predicted molar refractivity (Wildman–Crippen MR) is 150 cm³/mol. The minimum Gasteiger partial charge on any atom is -0.353 e. The van der Waals surface area contributed by atoms with E-state index in [1.807, 2.05) is 60.4 Å². The summed E-state index contributed by atoms with van der Waals surface area (Å²) in [7, 11) is 0. The van der Waals surface area contributed by atoms with Crippen LogP contribution in [0.15, 0.2) is 78.9 Å². The standard InChI is InChI=1S/C31H32FN5O/c1-3-23-12-14-27(15-13-23)34-31(38)37-18-16-36(17-19-37)30-28(20-24-8-5-4-6-9-24)22(2)33-29(35-30)25-10-7-11-26(32)21-25/h4-15,21H,3,16-20H2,1-2H3,(H,34,38). The molecule has 1 aliphatic heterocycles. The van der Waals surface area contributed by atoms with Crippen LogP contribution in [0.5, 0.6) is 0 Å². The number of nitrogens with one attached hydrogen (secondary N) is 1. The van der Waals surface area contributed by atoms with Gasteiger partial charge in [0.05, 0.1) is 0 Å². The summed E-state index contributed by atoms with van der Waals surface area (Å²) in [6.07, 6.45) is 1.66. The van der Waals surface area contributed by atoms with Gasteiger partial charge in [-0.2, -0.15) is 0 Å². The Morgan fingerprint density at radius 1 is 0.895 bits per heavy atom. The lowest BCUT2D eigenvalue weighted by molar-refractivity contribution is 0.208. The molecule has 0 atom stereocenters. The molecule has 0 spiro atoms. The van der Waals surface area contributed by atoms with Crippen molar-refractivity contribution in [1.82, 2.24) is 14.9 Å². The Hall–Kier alpha value is -4.26. The molecule has 1 saturated heterocycles. The molecule has 194 valence electrons. The first kappa shape index (κ1) is 25.4. The van der Waals surface area contributed by atoms with Crippen LogP contribution >= 0.6 is 0 Å². The van der Waals surface area contributed by atoms with Crippen molar-refractivity contribution in [2.75, 3.05) is 36.4 Å². The number of hydrogen-bond donors (Lipinski definition) is 1. The van der Waals surface area contributed by atoms with E-state index in [0.29, 0.717) is 44.0 Å². The van der Waals surface area contributed by atoms with Crippen molar-refractivity contribution in [2.24, 2.45) is 0 Å². The van der Waals surface area contributed by atoms with E-state index in [4.69, 9.17) is 9.97 Å². The maximum Gasteiger partial charge on any atom is 0.321 e. The molecule has 2 heterocycles. The molecular weight excluding hydrogens is 477 g/mol. The molecule has 2 amide bonds. The Bertz CT molecular complexity index is 1400. The number of hydrogen-bond acceptors (Lipinski definition) is 4. The van der Waals surface area contributed by atoms with E-state index in [2.05, 4.69) is 29.3 Å². The zero-order valence-corrected chi connectivity index (χ0v) is 21.8. The lowest BCUT2D eigenvalue weighted by Gasteiger charge is -2.36. The van der Waals surface area contributed by atoms with Crippen LogP contribution in [0.3, 0.4) is 0 Å². The Kier molecular flexibility index (Phi) is 7.63. The van der Waals surface area contributed by atoms with Gasteiger partial charge >= 0.3 is 6.03 Å². The Morgan fingerprint density at radius 2 is 1.63 bits per heavy atom. The number of nitrogens with zero attached hydrogens (tertiary/aromatic N) is 4. The van der Waals surface area contributed by atoms with Crippen molar-refractivity contribution in [3.05, 3.63) is 107 Å². The van der Waals surface area contributed by atoms with Crippen molar-refractivity contribution < 1.29 is 9.18 Å². The normalized spacial score (nSPS) is 13.4. The highest BCUT2D eigenvalue weighted by Gasteiger charge is 2.25. The highest BCUT2D eigenvalue weighted by molar-refractivity contribution is 5.89. The van der Waals surface area contributed by atoms with Crippen LogP contribution in [0, 0.1) is 12.7 Å². The van der Waals surface area contributed by atoms with E-state index in [-0.39, 0.29) is 11.8 Å². The third-order valence-corrected chi connectivity index (χ3v) is 6.98. The fourth-order valence-corrected chi connectivity index (χ4v) is 4.75. The van der Waals surface area contributed by atoms with Gasteiger partial charge in [0.2, 0.25) is 0 Å². The second kappa shape index (κ2) is 11.4. The van der Waals surface area contributed by atoms with Gasteiger partial charge in [-0.3, -0.25) is 0 Å². The highest BCUT2D eigenvalue weighted by Crippen LogP contribution is 2.28. The molecule has 0 saturated carbocycles. The van der Waals surface area contributed by atoms with Crippen LogP contribution < -0.4 is 10.2 Å². The molecule has 6 nitrogen and oxygen atoms in total. The van der Waals surface area contributed by atoms with Crippen molar-refractivity contribution in [3.8, 4) is 11.4 Å². The fourth-order valence-electron chi connectivity index (χ4n) is 4.75. The topological polar surface area (TPSA) is 61.4 Å². The number of carbonyl (C=O) groups is 1. The average Bonchev–Trinajstić information content (AvgIpc) is 2.95. The van der Waals surface area contributed by atoms with Gasteiger partial charge in [-0.25, -0.2) is 19.2 Å². The maximum absolute atomic E-state index is 14.0. The minimum absolute atomic E-state index is 0.0993. The van der Waals surface area contributed by atoms with Gasteiger partial charge in [0.15, 0.2) is 5.82 Å². The van der Waals surface area contributed by atoms with Crippen LogP contribution in [-0.4, -0.2) is 47.1 Å². The van der Waals surface area contributed by atoms with Gasteiger partial charge in [0.25, 0.3) is 0 Å². The Labute approximate surface area is 223 Å². The highest BCUT2D eigenvalue weighted by atomic mass is 19.1. The summed E-state index contributed by atoms with van der Waals surface area (Å²) in [5, 5.41) is 3.01. The van der Waals surface area contributed by atoms with E-state index in [0.717, 1.165) is 29.2 Å². The number of anilines is 2. The molecule has 1 N–H and O–H groups in total. The first-order valence-corrected chi connectivity index (χ1v) is 13.1. The lowest BCUT2D eigenvalue weighted by atomic mass is 10.0. The molecular formula is C31H32FN5O. The molecule has 0 unspecified atom stereocenters. The number of halogens is 1. The van der Waals surface area contributed by atoms with Crippen LogP contribution in [0.1, 0.15) is 29.3 Å². The predicted octanol–water partition coefficient (Wildman–Crippen LogP) is 6.10. The summed E-state index contributed by atoms with van der Waals surface area (Å²) in [6, 6.07) is 24.5. The smallest absolute Gasteiger partial charge is 0.321 e. The summed E-state index contributed by atoms with van der Waals surface area (Å²) in [4.78, 5) is 26.7. The lowest BCUT2D eigenvalue weighted by Crippen LogP contribution is -2.50. The quantitative estimate of drug-likeness (QED) is 0.341. The number of carbonyl (C=O) groups excluding carboxylic acids is 1. The van der Waals surface area contributed by atoms with E-state index < -0.39 is 0 Å². The van der Waals surface area contributed by atoms with Crippen LogP contribution in [-0.2, 0) is 12.8 Å². The van der Waals surface area contributed by atoms with Crippen LogP contribution in [0.4, 0.5) is 20.7 Å². The number of urea groups is 1. The molecule has 4 aromatic rings. The van der Waals surface area contributed by atoms with E-state index in [1.165, 1.54) is 23.3 Å². The number of amides is 2. The molecule has 0 radical (unpaired) electrons. The van der Waals surface area contributed by atoms with Gasteiger partial charge in [-0.15, -0.1) is 0 Å². The van der Waals surface area contributed by atoms with Crippen molar-refractivity contribution in [2.45, 2.75) is 26.7 Å².